The lowest BCUT2D eigenvalue weighted by atomic mass is 9.58. The maximum atomic E-state index is 12.3. The fraction of sp³-hybridized carbons (Fsp3) is 0.950. The van der Waals surface area contributed by atoms with Crippen LogP contribution in [0, 0.1) is 34.5 Å². The van der Waals surface area contributed by atoms with Crippen LogP contribution in [0.25, 0.3) is 0 Å². The maximum Gasteiger partial charge on any atom is 0.308 e. The predicted octanol–water partition coefficient (Wildman–Crippen LogP) is 5.70. The van der Waals surface area contributed by atoms with Crippen molar-refractivity contribution in [3.63, 3.8) is 0 Å². The molecule has 0 amide bonds. The van der Waals surface area contributed by atoms with Gasteiger partial charge in [-0.15, -0.1) is 0 Å². The van der Waals surface area contributed by atoms with Gasteiger partial charge >= 0.3 is 5.97 Å². The van der Waals surface area contributed by atoms with E-state index < -0.39 is 0 Å². The van der Waals surface area contributed by atoms with Gasteiger partial charge in [-0.3, -0.25) is 4.79 Å². The Morgan fingerprint density at radius 3 is 1.95 bits per heavy atom. The molecule has 1 aliphatic rings. The molecule has 1 fully saturated rings. The SMILES string of the molecule is CCC(C)C(=O)OC1CC(C)C(C(C)(C)C)CC1C(C)(C)C. The van der Waals surface area contributed by atoms with Crippen molar-refractivity contribution in [2.24, 2.45) is 34.5 Å². The second-order valence-electron chi connectivity index (χ2n) is 9.68. The van der Waals surface area contributed by atoms with Crippen molar-refractivity contribution in [1.82, 2.24) is 0 Å². The number of hydrogen-bond acceptors (Lipinski definition) is 2. The van der Waals surface area contributed by atoms with E-state index in [1.54, 1.807) is 0 Å². The molecule has 22 heavy (non-hydrogen) atoms. The van der Waals surface area contributed by atoms with E-state index in [4.69, 9.17) is 4.74 Å². The highest BCUT2D eigenvalue weighted by Gasteiger charge is 2.45. The number of esters is 1. The minimum atomic E-state index is -0.0110. The van der Waals surface area contributed by atoms with Crippen molar-refractivity contribution >= 4 is 5.97 Å². The summed E-state index contributed by atoms with van der Waals surface area (Å²) in [5.41, 5.74) is 0.485. The Bertz CT molecular complexity index is 372. The minimum absolute atomic E-state index is 0.0104. The summed E-state index contributed by atoms with van der Waals surface area (Å²) >= 11 is 0. The molecule has 2 nitrogen and oxygen atoms in total. The van der Waals surface area contributed by atoms with Crippen molar-refractivity contribution < 1.29 is 9.53 Å². The molecular weight excluding hydrogens is 272 g/mol. The lowest BCUT2D eigenvalue weighted by Gasteiger charge is -2.49. The third kappa shape index (κ3) is 4.73. The number of rotatable bonds is 3. The van der Waals surface area contributed by atoms with Crippen LogP contribution in [0.1, 0.15) is 81.6 Å². The van der Waals surface area contributed by atoms with Crippen LogP contribution in [-0.4, -0.2) is 12.1 Å². The highest BCUT2D eigenvalue weighted by atomic mass is 16.5. The van der Waals surface area contributed by atoms with E-state index >= 15 is 0 Å². The molecule has 130 valence electrons. The van der Waals surface area contributed by atoms with Crippen LogP contribution in [0.15, 0.2) is 0 Å². The predicted molar refractivity (Wildman–Crippen MR) is 93.6 cm³/mol. The molecule has 0 radical (unpaired) electrons. The lowest BCUT2D eigenvalue weighted by molar-refractivity contribution is -0.165. The van der Waals surface area contributed by atoms with Crippen LogP contribution >= 0.6 is 0 Å². The molecule has 0 saturated heterocycles. The topological polar surface area (TPSA) is 26.3 Å². The Balaban J connectivity index is 2.95. The highest BCUT2D eigenvalue weighted by Crippen LogP contribution is 2.49. The normalized spacial score (nSPS) is 31.7. The zero-order chi connectivity index (χ0) is 17.3. The van der Waals surface area contributed by atoms with Gasteiger partial charge in [-0.25, -0.2) is 0 Å². The molecule has 1 rings (SSSR count). The molecule has 0 bridgehead atoms. The first kappa shape index (κ1) is 19.5. The van der Waals surface area contributed by atoms with Crippen LogP contribution in [0.3, 0.4) is 0 Å². The molecule has 0 spiro atoms. The Kier molecular flexibility index (Phi) is 6.14. The van der Waals surface area contributed by atoms with Crippen LogP contribution in [0.4, 0.5) is 0 Å². The summed E-state index contributed by atoms with van der Waals surface area (Å²) in [5, 5.41) is 0. The third-order valence-corrected chi connectivity index (χ3v) is 5.75. The number of carbonyl (C=O) groups excluding carboxylic acids is 1. The van der Waals surface area contributed by atoms with Crippen molar-refractivity contribution in [3.05, 3.63) is 0 Å². The number of hydrogen-bond donors (Lipinski definition) is 0. The van der Waals surface area contributed by atoms with Crippen molar-refractivity contribution in [2.75, 3.05) is 0 Å². The minimum Gasteiger partial charge on any atom is -0.462 e. The van der Waals surface area contributed by atoms with Gasteiger partial charge in [0.15, 0.2) is 0 Å². The first-order chi connectivity index (χ1) is 9.87. The van der Waals surface area contributed by atoms with E-state index in [9.17, 15) is 4.79 Å². The van der Waals surface area contributed by atoms with Gasteiger partial charge in [0.05, 0.1) is 5.92 Å². The van der Waals surface area contributed by atoms with Gasteiger partial charge in [0.25, 0.3) is 0 Å². The quantitative estimate of drug-likeness (QED) is 0.625. The average molecular weight is 311 g/mol. The number of ether oxygens (including phenoxy) is 1. The summed E-state index contributed by atoms with van der Waals surface area (Å²) in [4.78, 5) is 12.3. The summed E-state index contributed by atoms with van der Waals surface area (Å²) in [6.07, 6.45) is 3.10. The smallest absolute Gasteiger partial charge is 0.308 e. The molecule has 0 aliphatic heterocycles. The van der Waals surface area contributed by atoms with E-state index in [-0.39, 0.29) is 23.4 Å². The van der Waals surface area contributed by atoms with Crippen molar-refractivity contribution in [1.29, 1.82) is 0 Å². The summed E-state index contributed by atoms with van der Waals surface area (Å²) in [6, 6.07) is 0. The zero-order valence-electron chi connectivity index (χ0n) is 16.3. The van der Waals surface area contributed by atoms with Gasteiger partial charge in [0, 0.05) is 5.92 Å². The van der Waals surface area contributed by atoms with Gasteiger partial charge < -0.3 is 4.74 Å². The fourth-order valence-electron chi connectivity index (χ4n) is 4.03. The van der Waals surface area contributed by atoms with Crippen molar-refractivity contribution in [2.45, 2.75) is 87.7 Å². The van der Waals surface area contributed by atoms with Gasteiger partial charge in [-0.05, 0) is 41.9 Å². The molecule has 0 aromatic heterocycles. The summed E-state index contributed by atoms with van der Waals surface area (Å²) in [6.45, 7) is 20.3. The molecule has 1 saturated carbocycles. The first-order valence-electron chi connectivity index (χ1n) is 9.08. The maximum absolute atomic E-state index is 12.3. The highest BCUT2D eigenvalue weighted by molar-refractivity contribution is 5.72. The molecule has 0 heterocycles. The van der Waals surface area contributed by atoms with E-state index in [0.717, 1.165) is 19.3 Å². The molecule has 0 aromatic rings. The average Bonchev–Trinajstić information content (AvgIpc) is 2.34. The first-order valence-corrected chi connectivity index (χ1v) is 9.08. The molecule has 5 atom stereocenters. The molecule has 1 aliphatic carbocycles. The summed E-state index contributed by atoms with van der Waals surface area (Å²) in [5.74, 6) is 1.74. The van der Waals surface area contributed by atoms with Crippen molar-refractivity contribution in [3.8, 4) is 0 Å². The van der Waals surface area contributed by atoms with E-state index in [1.165, 1.54) is 0 Å². The Morgan fingerprint density at radius 2 is 1.55 bits per heavy atom. The summed E-state index contributed by atoms with van der Waals surface area (Å²) in [7, 11) is 0. The molecule has 0 N–H and O–H groups in total. The van der Waals surface area contributed by atoms with Gasteiger partial charge in [0.1, 0.15) is 6.10 Å². The number of carbonyl (C=O) groups is 1. The van der Waals surface area contributed by atoms with Gasteiger partial charge in [-0.2, -0.15) is 0 Å². The van der Waals surface area contributed by atoms with Crippen LogP contribution in [0.2, 0.25) is 0 Å². The standard InChI is InChI=1S/C20H38O2/c1-10-13(2)18(21)22-17-11-14(3)15(19(4,5)6)12-16(17)20(7,8)9/h13-17H,10-12H2,1-9H3. The van der Waals surface area contributed by atoms with Gasteiger partial charge in [-0.1, -0.05) is 62.3 Å². The molecule has 5 unspecified atom stereocenters. The van der Waals surface area contributed by atoms with E-state index in [0.29, 0.717) is 23.2 Å². The molecule has 2 heteroatoms. The molecule has 0 aromatic carbocycles. The van der Waals surface area contributed by atoms with Crippen LogP contribution in [-0.2, 0) is 9.53 Å². The zero-order valence-corrected chi connectivity index (χ0v) is 16.3. The fourth-order valence-corrected chi connectivity index (χ4v) is 4.03. The Labute approximate surface area is 138 Å². The second kappa shape index (κ2) is 6.93. The largest absolute Gasteiger partial charge is 0.462 e. The summed E-state index contributed by atoms with van der Waals surface area (Å²) < 4.78 is 5.98. The lowest BCUT2D eigenvalue weighted by Crippen LogP contribution is -2.46. The third-order valence-electron chi connectivity index (χ3n) is 5.75. The van der Waals surface area contributed by atoms with Crippen LogP contribution < -0.4 is 0 Å². The van der Waals surface area contributed by atoms with E-state index in [1.807, 2.05) is 13.8 Å². The molecular formula is C20H38O2. The Hall–Kier alpha value is -0.530. The van der Waals surface area contributed by atoms with Crippen LogP contribution in [0.5, 0.6) is 0 Å². The monoisotopic (exact) mass is 310 g/mol. The van der Waals surface area contributed by atoms with E-state index in [2.05, 4.69) is 48.5 Å². The Morgan fingerprint density at radius 1 is 1.05 bits per heavy atom. The van der Waals surface area contributed by atoms with Gasteiger partial charge in [0.2, 0.25) is 0 Å². The second-order valence-corrected chi connectivity index (χ2v) is 9.68.